The number of rotatable bonds is 9. The summed E-state index contributed by atoms with van der Waals surface area (Å²) in [6.45, 7) is 7.67. The van der Waals surface area contributed by atoms with Crippen molar-refractivity contribution in [1.82, 2.24) is 9.78 Å². The molecule has 1 aromatic heterocycles. The number of fused-ring (bicyclic) bond motifs is 1. The van der Waals surface area contributed by atoms with Crippen LogP contribution in [0.5, 0.6) is 0 Å². The van der Waals surface area contributed by atoms with E-state index in [9.17, 15) is 13.2 Å². The van der Waals surface area contributed by atoms with E-state index in [2.05, 4.69) is 69.3 Å². The molecule has 0 spiro atoms. The smallest absolute Gasteiger partial charge is 0.407 e. The first-order valence-electron chi connectivity index (χ1n) is 16.0. The van der Waals surface area contributed by atoms with Gasteiger partial charge in [0.05, 0.1) is 16.8 Å². The molecule has 0 aliphatic carbocycles. The van der Waals surface area contributed by atoms with Crippen LogP contribution < -0.4 is 21.8 Å². The van der Waals surface area contributed by atoms with Gasteiger partial charge in [-0.1, -0.05) is 112 Å². The van der Waals surface area contributed by atoms with Gasteiger partial charge >= 0.3 is 6.18 Å². The van der Waals surface area contributed by atoms with E-state index in [0.29, 0.717) is 47.6 Å². The summed E-state index contributed by atoms with van der Waals surface area (Å²) in [5.41, 5.74) is 15.7. The monoisotopic (exact) mass is 664 g/mol. The number of alkyl halides is 3. The maximum absolute atomic E-state index is 13.9. The summed E-state index contributed by atoms with van der Waals surface area (Å²) in [5.74, 6) is 0. The second kappa shape index (κ2) is 13.0. The Bertz CT molecular complexity index is 1980. The molecule has 5 aromatic carbocycles. The van der Waals surface area contributed by atoms with Gasteiger partial charge in [-0.15, -0.1) is 0 Å². The minimum absolute atomic E-state index is 0.0976. The third kappa shape index (κ3) is 6.11. The lowest BCUT2D eigenvalue weighted by atomic mass is 9.97. The number of nitrogens with zero attached hydrogens (tertiary/aromatic N) is 2. The number of halogens is 3. The van der Waals surface area contributed by atoms with E-state index in [-0.39, 0.29) is 10.6 Å². The Kier molecular flexibility index (Phi) is 8.93. The van der Waals surface area contributed by atoms with Crippen molar-refractivity contribution in [2.24, 2.45) is 0 Å². The van der Waals surface area contributed by atoms with Gasteiger partial charge in [0.25, 0.3) is 8.32 Å². The Morgan fingerprint density at radius 2 is 1.31 bits per heavy atom. The van der Waals surface area contributed by atoms with Gasteiger partial charge in [0, 0.05) is 35.5 Å². The summed E-state index contributed by atoms with van der Waals surface area (Å²) in [7, 11) is -2.74. The zero-order valence-electron chi connectivity index (χ0n) is 27.3. The maximum Gasteiger partial charge on any atom is 0.417 e. The fraction of sp³-hybridized carbons (Fsp3) is 0.205. The molecule has 4 N–H and O–H groups in total. The molecule has 9 heteroatoms. The fourth-order valence-electron chi connectivity index (χ4n) is 6.77. The van der Waals surface area contributed by atoms with Crippen LogP contribution in [0.15, 0.2) is 121 Å². The molecule has 0 fully saturated rings. The molecule has 1 heterocycles. The number of benzene rings is 5. The van der Waals surface area contributed by atoms with Gasteiger partial charge in [0.2, 0.25) is 0 Å². The standard InChI is InChI=1S/C39H39F3N4OSi/c1-38(2,3)48(28-14-6-4-7-15-28,29-16-8-5-9-17-29)47-25-13-24-46-37(36-33(43)20-12-21-34(36)44)31-23-22-27(26-35(31)45-46)30-18-10-11-19-32(30)39(40,41)42/h4-12,14-23,26H,13,24-25,43-44H2,1-3H3. The second-order valence-corrected chi connectivity index (χ2v) is 17.3. The molecule has 6 rings (SSSR count). The van der Waals surface area contributed by atoms with Crippen molar-refractivity contribution in [3.05, 3.63) is 127 Å². The number of hydrogen-bond donors (Lipinski definition) is 2. The Morgan fingerprint density at radius 3 is 1.90 bits per heavy atom. The van der Waals surface area contributed by atoms with Gasteiger partial charge < -0.3 is 15.9 Å². The predicted molar refractivity (Wildman–Crippen MR) is 193 cm³/mol. The Morgan fingerprint density at radius 1 is 0.729 bits per heavy atom. The van der Waals surface area contributed by atoms with Gasteiger partial charge in [0.1, 0.15) is 0 Å². The number of nitrogen functional groups attached to an aromatic ring is 2. The lowest BCUT2D eigenvalue weighted by Gasteiger charge is -2.43. The molecule has 0 amide bonds. The fourth-order valence-corrected chi connectivity index (χ4v) is 11.4. The van der Waals surface area contributed by atoms with Crippen LogP contribution in [0.3, 0.4) is 0 Å². The van der Waals surface area contributed by atoms with Gasteiger partial charge in [-0.05, 0) is 63.3 Å². The maximum atomic E-state index is 13.9. The van der Waals surface area contributed by atoms with Gasteiger partial charge in [-0.3, -0.25) is 4.68 Å². The highest BCUT2D eigenvalue weighted by molar-refractivity contribution is 6.99. The lowest BCUT2D eigenvalue weighted by molar-refractivity contribution is -0.137. The van der Waals surface area contributed by atoms with E-state index in [1.807, 2.05) is 16.8 Å². The first kappa shape index (κ1) is 33.1. The quantitative estimate of drug-likeness (QED) is 0.0923. The molecule has 0 radical (unpaired) electrons. The first-order valence-corrected chi connectivity index (χ1v) is 17.9. The number of anilines is 2. The van der Waals surface area contributed by atoms with Gasteiger partial charge in [0.15, 0.2) is 0 Å². The van der Waals surface area contributed by atoms with Crippen LogP contribution in [0.1, 0.15) is 32.8 Å². The van der Waals surface area contributed by atoms with Crippen molar-refractivity contribution in [3.63, 3.8) is 0 Å². The number of hydrogen-bond acceptors (Lipinski definition) is 4. The van der Waals surface area contributed by atoms with Crippen LogP contribution in [0.2, 0.25) is 5.04 Å². The highest BCUT2D eigenvalue weighted by Crippen LogP contribution is 2.41. The van der Waals surface area contributed by atoms with E-state index >= 15 is 0 Å². The summed E-state index contributed by atoms with van der Waals surface area (Å²) in [6.07, 6.45) is -3.87. The van der Waals surface area contributed by atoms with Crippen LogP contribution in [0, 0.1) is 0 Å². The van der Waals surface area contributed by atoms with E-state index in [0.717, 1.165) is 17.1 Å². The van der Waals surface area contributed by atoms with Gasteiger partial charge in [-0.25, -0.2) is 0 Å². The summed E-state index contributed by atoms with van der Waals surface area (Å²) in [6, 6.07) is 37.1. The van der Waals surface area contributed by atoms with Crippen molar-refractivity contribution >= 4 is 41.0 Å². The second-order valence-electron chi connectivity index (χ2n) is 13.0. The predicted octanol–water partition coefficient (Wildman–Crippen LogP) is 8.52. The molecule has 0 saturated carbocycles. The van der Waals surface area contributed by atoms with Crippen LogP contribution >= 0.6 is 0 Å². The molecule has 5 nitrogen and oxygen atoms in total. The van der Waals surface area contributed by atoms with Crippen LogP contribution in [-0.4, -0.2) is 24.7 Å². The first-order chi connectivity index (χ1) is 22.9. The lowest BCUT2D eigenvalue weighted by Crippen LogP contribution is -2.66. The van der Waals surface area contributed by atoms with E-state index in [1.54, 1.807) is 42.5 Å². The van der Waals surface area contributed by atoms with Crippen molar-refractivity contribution in [2.75, 3.05) is 18.1 Å². The average Bonchev–Trinajstić information content (AvgIpc) is 3.41. The molecule has 48 heavy (non-hydrogen) atoms. The van der Waals surface area contributed by atoms with Crippen molar-refractivity contribution < 1.29 is 17.6 Å². The highest BCUT2D eigenvalue weighted by Gasteiger charge is 2.50. The van der Waals surface area contributed by atoms with E-state index in [4.69, 9.17) is 21.0 Å². The Balaban J connectivity index is 1.39. The molecular formula is C39H39F3N4OSi. The number of aromatic nitrogens is 2. The highest BCUT2D eigenvalue weighted by atomic mass is 28.4. The molecule has 0 atom stereocenters. The average molecular weight is 665 g/mol. The largest absolute Gasteiger partial charge is 0.417 e. The van der Waals surface area contributed by atoms with E-state index < -0.39 is 20.1 Å². The van der Waals surface area contributed by atoms with Crippen LogP contribution in [-0.2, 0) is 17.1 Å². The summed E-state index contributed by atoms with van der Waals surface area (Å²) in [5, 5.41) is 7.91. The summed E-state index contributed by atoms with van der Waals surface area (Å²) >= 11 is 0. The molecule has 0 aliphatic heterocycles. The minimum Gasteiger partial charge on any atom is -0.407 e. The van der Waals surface area contributed by atoms with Crippen molar-refractivity contribution in [3.8, 4) is 22.4 Å². The third-order valence-corrected chi connectivity index (χ3v) is 13.9. The van der Waals surface area contributed by atoms with Crippen molar-refractivity contribution in [1.29, 1.82) is 0 Å². The zero-order chi connectivity index (χ0) is 34.1. The third-order valence-electron chi connectivity index (χ3n) is 8.90. The Hall–Kier alpha value is -4.86. The normalized spacial score (nSPS) is 12.5. The van der Waals surface area contributed by atoms with E-state index in [1.165, 1.54) is 22.5 Å². The minimum atomic E-state index is -4.49. The topological polar surface area (TPSA) is 79.1 Å². The molecule has 0 bridgehead atoms. The molecule has 0 unspecified atom stereocenters. The zero-order valence-corrected chi connectivity index (χ0v) is 28.3. The summed E-state index contributed by atoms with van der Waals surface area (Å²) < 4.78 is 50.7. The summed E-state index contributed by atoms with van der Waals surface area (Å²) in [4.78, 5) is 0. The molecule has 6 aromatic rings. The SMILES string of the molecule is CC(C)(C)[Si](OCCCn1nc2cc(-c3ccccc3C(F)(F)F)ccc2c1-c1c(N)cccc1N)(c1ccccc1)c1ccccc1. The van der Waals surface area contributed by atoms with Crippen LogP contribution in [0.25, 0.3) is 33.3 Å². The number of nitrogens with two attached hydrogens (primary N) is 2. The van der Waals surface area contributed by atoms with Gasteiger partial charge in [-0.2, -0.15) is 18.3 Å². The molecule has 246 valence electrons. The Labute approximate surface area is 280 Å². The van der Waals surface area contributed by atoms with Crippen LogP contribution in [0.4, 0.5) is 24.5 Å². The molecule has 0 saturated heterocycles. The molecular weight excluding hydrogens is 626 g/mol. The van der Waals surface area contributed by atoms with Crippen molar-refractivity contribution in [2.45, 2.75) is 45.0 Å². The molecule has 0 aliphatic rings. The number of aryl methyl sites for hydroxylation is 1.